The van der Waals surface area contributed by atoms with Gasteiger partial charge in [-0.05, 0) is 44.9 Å². The number of ketones is 1. The molecule has 0 atom stereocenters. The van der Waals surface area contributed by atoms with E-state index in [0.29, 0.717) is 11.3 Å². The average molecular weight is 305 g/mol. The largest absolute Gasteiger partial charge is 0.396 e. The number of rotatable bonds is 2. The van der Waals surface area contributed by atoms with Crippen LogP contribution in [0.2, 0.25) is 0 Å². The quantitative estimate of drug-likeness (QED) is 0.733. The second-order valence-electron chi connectivity index (χ2n) is 6.09. The van der Waals surface area contributed by atoms with Crippen LogP contribution in [-0.2, 0) is 0 Å². The number of nitrogens with zero attached hydrogens (tertiary/aromatic N) is 2. The van der Waals surface area contributed by atoms with Crippen LogP contribution >= 0.6 is 0 Å². The van der Waals surface area contributed by atoms with Gasteiger partial charge in [-0.3, -0.25) is 4.79 Å². The van der Waals surface area contributed by atoms with Gasteiger partial charge in [0.1, 0.15) is 0 Å². The highest BCUT2D eigenvalue weighted by Crippen LogP contribution is 2.27. The molecule has 1 heterocycles. The van der Waals surface area contributed by atoms with Crippen molar-refractivity contribution in [1.82, 2.24) is 10.2 Å². The Bertz CT molecular complexity index is 945. The maximum atomic E-state index is 12.8. The number of anilines is 1. The minimum absolute atomic E-state index is 0.187. The zero-order valence-electron chi connectivity index (χ0n) is 13.8. The van der Waals surface area contributed by atoms with Gasteiger partial charge in [-0.15, -0.1) is 10.2 Å². The SMILES string of the molecule is Cc1ccc(C(=O)c2nnc3c(C)cc(C)cc3c2N)c(C)c1. The van der Waals surface area contributed by atoms with Crippen LogP contribution in [0.25, 0.3) is 10.9 Å². The number of nitrogen functional groups attached to an aromatic ring is 1. The molecule has 4 heteroatoms. The molecule has 0 fully saturated rings. The van der Waals surface area contributed by atoms with E-state index in [1.54, 1.807) is 0 Å². The van der Waals surface area contributed by atoms with E-state index in [9.17, 15) is 4.79 Å². The Kier molecular flexibility index (Phi) is 3.60. The van der Waals surface area contributed by atoms with E-state index in [2.05, 4.69) is 10.2 Å². The topological polar surface area (TPSA) is 68.9 Å². The summed E-state index contributed by atoms with van der Waals surface area (Å²) in [6.07, 6.45) is 0. The molecule has 2 N–H and O–H groups in total. The number of carbonyl (C=O) groups excluding carboxylic acids is 1. The molecule has 3 rings (SSSR count). The fourth-order valence-corrected chi connectivity index (χ4v) is 2.94. The number of benzene rings is 2. The molecule has 2 aromatic carbocycles. The third-order valence-electron chi connectivity index (χ3n) is 4.08. The van der Waals surface area contributed by atoms with E-state index in [0.717, 1.165) is 33.2 Å². The van der Waals surface area contributed by atoms with Crippen LogP contribution < -0.4 is 5.73 Å². The molecule has 0 amide bonds. The molecule has 0 saturated heterocycles. The minimum Gasteiger partial charge on any atom is -0.396 e. The van der Waals surface area contributed by atoms with Crippen molar-refractivity contribution in [2.24, 2.45) is 0 Å². The molecule has 0 aliphatic rings. The Balaban J connectivity index is 2.20. The summed E-state index contributed by atoms with van der Waals surface area (Å²) in [6.45, 7) is 7.88. The van der Waals surface area contributed by atoms with Gasteiger partial charge in [0.2, 0.25) is 5.78 Å². The third kappa shape index (κ3) is 2.57. The van der Waals surface area contributed by atoms with Crippen LogP contribution in [0.3, 0.4) is 0 Å². The molecular weight excluding hydrogens is 286 g/mol. The Hall–Kier alpha value is -2.75. The number of carbonyl (C=O) groups is 1. The van der Waals surface area contributed by atoms with Crippen LogP contribution in [-0.4, -0.2) is 16.0 Å². The highest BCUT2D eigenvalue weighted by atomic mass is 16.1. The fourth-order valence-electron chi connectivity index (χ4n) is 2.94. The lowest BCUT2D eigenvalue weighted by Gasteiger charge is -2.10. The molecule has 0 spiro atoms. The molecule has 0 saturated carbocycles. The van der Waals surface area contributed by atoms with Crippen LogP contribution in [0.4, 0.5) is 5.69 Å². The lowest BCUT2D eigenvalue weighted by Crippen LogP contribution is -2.12. The Labute approximate surface area is 135 Å². The molecule has 0 aliphatic carbocycles. The van der Waals surface area contributed by atoms with Crippen LogP contribution in [0.1, 0.15) is 38.3 Å². The highest BCUT2D eigenvalue weighted by Gasteiger charge is 2.19. The zero-order chi connectivity index (χ0) is 16.7. The predicted octanol–water partition coefficient (Wildman–Crippen LogP) is 3.68. The number of aryl methyl sites for hydroxylation is 4. The molecule has 0 bridgehead atoms. The number of hydrogen-bond acceptors (Lipinski definition) is 4. The molecule has 0 unspecified atom stereocenters. The van der Waals surface area contributed by atoms with Gasteiger partial charge in [0.25, 0.3) is 0 Å². The maximum Gasteiger partial charge on any atom is 0.215 e. The standard InChI is InChI=1S/C19H19N3O/c1-10-5-6-14(12(3)7-10)19(23)18-16(20)15-9-11(2)8-13(4)17(15)21-22-18/h5-9H,1-4H3,(H2,20,21). The summed E-state index contributed by atoms with van der Waals surface area (Å²) in [7, 11) is 0. The highest BCUT2D eigenvalue weighted by molar-refractivity contribution is 6.14. The first-order chi connectivity index (χ1) is 10.9. The van der Waals surface area contributed by atoms with Gasteiger partial charge in [-0.25, -0.2) is 0 Å². The Morgan fingerprint density at radius 3 is 2.30 bits per heavy atom. The summed E-state index contributed by atoms with van der Waals surface area (Å²) < 4.78 is 0. The second-order valence-corrected chi connectivity index (χ2v) is 6.09. The van der Waals surface area contributed by atoms with Gasteiger partial charge >= 0.3 is 0 Å². The Morgan fingerprint density at radius 2 is 1.61 bits per heavy atom. The van der Waals surface area contributed by atoms with Gasteiger partial charge < -0.3 is 5.73 Å². The summed E-state index contributed by atoms with van der Waals surface area (Å²) in [5.41, 5.74) is 12.3. The van der Waals surface area contributed by atoms with E-state index < -0.39 is 0 Å². The van der Waals surface area contributed by atoms with Crippen molar-refractivity contribution in [3.8, 4) is 0 Å². The first-order valence-corrected chi connectivity index (χ1v) is 7.53. The van der Waals surface area contributed by atoms with Crippen molar-refractivity contribution in [2.45, 2.75) is 27.7 Å². The molecule has 0 radical (unpaired) electrons. The van der Waals surface area contributed by atoms with Gasteiger partial charge in [-0.2, -0.15) is 0 Å². The van der Waals surface area contributed by atoms with Crippen molar-refractivity contribution in [1.29, 1.82) is 0 Å². The number of fused-ring (bicyclic) bond motifs is 1. The van der Waals surface area contributed by atoms with E-state index in [4.69, 9.17) is 5.73 Å². The summed E-state index contributed by atoms with van der Waals surface area (Å²) in [6, 6.07) is 9.69. The normalized spacial score (nSPS) is 11.0. The van der Waals surface area contributed by atoms with Crippen LogP contribution in [0, 0.1) is 27.7 Å². The van der Waals surface area contributed by atoms with Crippen molar-refractivity contribution >= 4 is 22.4 Å². The van der Waals surface area contributed by atoms with Crippen LogP contribution in [0.15, 0.2) is 30.3 Å². The number of aromatic nitrogens is 2. The summed E-state index contributed by atoms with van der Waals surface area (Å²) in [5.74, 6) is -0.187. The molecule has 4 nitrogen and oxygen atoms in total. The lowest BCUT2D eigenvalue weighted by molar-refractivity contribution is 0.103. The summed E-state index contributed by atoms with van der Waals surface area (Å²) in [4.78, 5) is 12.8. The minimum atomic E-state index is -0.187. The average Bonchev–Trinajstić information content (AvgIpc) is 2.47. The smallest absolute Gasteiger partial charge is 0.215 e. The summed E-state index contributed by atoms with van der Waals surface area (Å²) in [5, 5.41) is 9.12. The maximum absolute atomic E-state index is 12.8. The van der Waals surface area contributed by atoms with Crippen molar-refractivity contribution in [3.05, 3.63) is 63.8 Å². The van der Waals surface area contributed by atoms with E-state index in [-0.39, 0.29) is 11.5 Å². The fraction of sp³-hybridized carbons (Fsp3) is 0.211. The first-order valence-electron chi connectivity index (χ1n) is 7.53. The van der Waals surface area contributed by atoms with Crippen molar-refractivity contribution in [2.75, 3.05) is 5.73 Å². The van der Waals surface area contributed by atoms with E-state index in [1.807, 2.05) is 58.0 Å². The predicted molar refractivity (Wildman–Crippen MR) is 92.8 cm³/mol. The van der Waals surface area contributed by atoms with Crippen molar-refractivity contribution in [3.63, 3.8) is 0 Å². The van der Waals surface area contributed by atoms with Gasteiger partial charge in [0.05, 0.1) is 11.2 Å². The molecule has 23 heavy (non-hydrogen) atoms. The zero-order valence-corrected chi connectivity index (χ0v) is 13.8. The summed E-state index contributed by atoms with van der Waals surface area (Å²) >= 11 is 0. The lowest BCUT2D eigenvalue weighted by atomic mass is 9.98. The molecule has 0 aliphatic heterocycles. The Morgan fingerprint density at radius 1 is 0.913 bits per heavy atom. The molecular formula is C19H19N3O. The number of nitrogens with two attached hydrogens (primary N) is 1. The number of hydrogen-bond donors (Lipinski definition) is 1. The first kappa shape index (κ1) is 15.2. The second kappa shape index (κ2) is 5.47. The monoisotopic (exact) mass is 305 g/mol. The molecule has 1 aromatic heterocycles. The molecule has 3 aromatic rings. The van der Waals surface area contributed by atoms with E-state index in [1.165, 1.54) is 0 Å². The van der Waals surface area contributed by atoms with E-state index >= 15 is 0 Å². The van der Waals surface area contributed by atoms with Crippen molar-refractivity contribution < 1.29 is 4.79 Å². The van der Waals surface area contributed by atoms with Crippen LogP contribution in [0.5, 0.6) is 0 Å². The third-order valence-corrected chi connectivity index (χ3v) is 4.08. The van der Waals surface area contributed by atoms with Gasteiger partial charge in [0, 0.05) is 10.9 Å². The molecule has 116 valence electrons. The van der Waals surface area contributed by atoms with Gasteiger partial charge in [0.15, 0.2) is 5.69 Å². The van der Waals surface area contributed by atoms with Gasteiger partial charge in [-0.1, -0.05) is 35.4 Å².